The monoisotopic (exact) mass is 231 g/mol. The Balaban J connectivity index is 2.91. The molecule has 0 fully saturated rings. The molecule has 0 heterocycles. The first-order valence-electron chi connectivity index (χ1n) is 3.76. The number of nitrogens with zero attached hydrogens (tertiary/aromatic N) is 1. The van der Waals surface area contributed by atoms with Crippen molar-refractivity contribution in [2.24, 2.45) is 0 Å². The molecule has 0 N–H and O–H groups in total. The summed E-state index contributed by atoms with van der Waals surface area (Å²) in [5.74, 6) is 0. The standard InChI is InChI=1S/C8H6FNO4S/c9-15(13,14)6-5-7-1-3-8(4-2-7)10(11)12/h1-6H/b6-5+. The van der Waals surface area contributed by atoms with Crippen molar-refractivity contribution in [3.05, 3.63) is 45.4 Å². The van der Waals surface area contributed by atoms with Gasteiger partial charge in [-0.1, -0.05) is 0 Å². The van der Waals surface area contributed by atoms with E-state index in [9.17, 15) is 22.4 Å². The Hall–Kier alpha value is -1.76. The second-order valence-electron chi connectivity index (χ2n) is 2.63. The summed E-state index contributed by atoms with van der Waals surface area (Å²) in [6.07, 6.45) is 1.01. The molecule has 0 aliphatic heterocycles. The van der Waals surface area contributed by atoms with E-state index in [1.54, 1.807) is 0 Å². The molecule has 80 valence electrons. The van der Waals surface area contributed by atoms with Crippen LogP contribution >= 0.6 is 0 Å². The second-order valence-corrected chi connectivity index (χ2v) is 3.85. The van der Waals surface area contributed by atoms with Crippen molar-refractivity contribution in [1.29, 1.82) is 0 Å². The molecule has 0 spiro atoms. The minimum absolute atomic E-state index is 0.116. The zero-order valence-corrected chi connectivity index (χ0v) is 8.15. The summed E-state index contributed by atoms with van der Waals surface area (Å²) in [5, 5.41) is 10.6. The van der Waals surface area contributed by atoms with Crippen molar-refractivity contribution in [2.75, 3.05) is 0 Å². The number of non-ortho nitro benzene ring substituents is 1. The van der Waals surface area contributed by atoms with E-state index in [4.69, 9.17) is 0 Å². The van der Waals surface area contributed by atoms with E-state index in [0.29, 0.717) is 11.0 Å². The maximum atomic E-state index is 12.1. The third-order valence-electron chi connectivity index (χ3n) is 1.53. The number of halogens is 1. The van der Waals surface area contributed by atoms with Gasteiger partial charge in [0.15, 0.2) is 0 Å². The lowest BCUT2D eigenvalue weighted by Gasteiger charge is -1.92. The maximum Gasteiger partial charge on any atom is 0.325 e. The Kier molecular flexibility index (Phi) is 3.15. The lowest BCUT2D eigenvalue weighted by molar-refractivity contribution is -0.384. The van der Waals surface area contributed by atoms with Crippen LogP contribution in [0.1, 0.15) is 5.56 Å². The molecular weight excluding hydrogens is 225 g/mol. The van der Waals surface area contributed by atoms with Gasteiger partial charge in [-0.2, -0.15) is 8.42 Å². The van der Waals surface area contributed by atoms with E-state index in [-0.39, 0.29) is 5.69 Å². The van der Waals surface area contributed by atoms with Crippen LogP contribution < -0.4 is 0 Å². The molecule has 0 saturated carbocycles. The fourth-order valence-electron chi connectivity index (χ4n) is 0.867. The van der Waals surface area contributed by atoms with Gasteiger partial charge in [-0.3, -0.25) is 10.1 Å². The van der Waals surface area contributed by atoms with Crippen LogP contribution in [0.3, 0.4) is 0 Å². The van der Waals surface area contributed by atoms with Gasteiger partial charge in [0, 0.05) is 12.1 Å². The van der Waals surface area contributed by atoms with E-state index in [1.165, 1.54) is 24.3 Å². The molecule has 0 saturated heterocycles. The highest BCUT2D eigenvalue weighted by molar-refractivity contribution is 7.89. The molecular formula is C8H6FNO4S. The Morgan fingerprint density at radius 3 is 2.20 bits per heavy atom. The molecule has 0 bridgehead atoms. The number of nitro benzene ring substituents is 1. The first-order chi connectivity index (χ1) is 6.88. The number of hydrogen-bond donors (Lipinski definition) is 0. The molecule has 1 aromatic rings. The van der Waals surface area contributed by atoms with Crippen molar-refractivity contribution >= 4 is 22.0 Å². The van der Waals surface area contributed by atoms with Crippen molar-refractivity contribution < 1.29 is 17.2 Å². The first kappa shape index (κ1) is 11.3. The lowest BCUT2D eigenvalue weighted by atomic mass is 10.2. The molecule has 0 unspecified atom stereocenters. The highest BCUT2D eigenvalue weighted by Crippen LogP contribution is 2.13. The van der Waals surface area contributed by atoms with Crippen LogP contribution in [0.2, 0.25) is 0 Å². The van der Waals surface area contributed by atoms with Crippen LogP contribution in [-0.4, -0.2) is 13.3 Å². The Morgan fingerprint density at radius 1 is 1.27 bits per heavy atom. The highest BCUT2D eigenvalue weighted by atomic mass is 32.3. The van der Waals surface area contributed by atoms with Crippen molar-refractivity contribution in [3.8, 4) is 0 Å². The number of benzene rings is 1. The van der Waals surface area contributed by atoms with Crippen LogP contribution in [-0.2, 0) is 10.2 Å². The van der Waals surface area contributed by atoms with E-state index >= 15 is 0 Å². The van der Waals surface area contributed by atoms with Gasteiger partial charge in [0.05, 0.1) is 10.3 Å². The quantitative estimate of drug-likeness (QED) is 0.452. The fourth-order valence-corrected chi connectivity index (χ4v) is 1.19. The summed E-state index contributed by atoms with van der Waals surface area (Å²) in [4.78, 5) is 9.68. The molecule has 1 aromatic carbocycles. The SMILES string of the molecule is O=[N+]([O-])c1ccc(/C=C/S(=O)(=O)F)cc1. The maximum absolute atomic E-state index is 12.1. The summed E-state index contributed by atoms with van der Waals surface area (Å²) in [7, 11) is -4.66. The van der Waals surface area contributed by atoms with E-state index in [2.05, 4.69) is 0 Å². The van der Waals surface area contributed by atoms with Gasteiger partial charge in [0.2, 0.25) is 0 Å². The number of rotatable bonds is 3. The number of nitro groups is 1. The molecule has 5 nitrogen and oxygen atoms in total. The Morgan fingerprint density at radius 2 is 1.80 bits per heavy atom. The summed E-state index contributed by atoms with van der Waals surface area (Å²) < 4.78 is 32.3. The smallest absolute Gasteiger partial charge is 0.258 e. The topological polar surface area (TPSA) is 77.3 Å². The van der Waals surface area contributed by atoms with Crippen LogP contribution in [0, 0.1) is 10.1 Å². The summed E-state index contributed by atoms with van der Waals surface area (Å²) in [6, 6.07) is 5.04. The molecule has 15 heavy (non-hydrogen) atoms. The van der Waals surface area contributed by atoms with Gasteiger partial charge in [-0.15, -0.1) is 3.89 Å². The zero-order chi connectivity index (χ0) is 11.5. The van der Waals surface area contributed by atoms with Gasteiger partial charge in [0.1, 0.15) is 0 Å². The van der Waals surface area contributed by atoms with Crippen molar-refractivity contribution in [1.82, 2.24) is 0 Å². The molecule has 7 heteroatoms. The van der Waals surface area contributed by atoms with Crippen molar-refractivity contribution in [2.45, 2.75) is 0 Å². The minimum Gasteiger partial charge on any atom is -0.258 e. The van der Waals surface area contributed by atoms with Crippen LogP contribution in [0.25, 0.3) is 6.08 Å². The highest BCUT2D eigenvalue weighted by Gasteiger charge is 2.03. The number of hydrogen-bond acceptors (Lipinski definition) is 4. The lowest BCUT2D eigenvalue weighted by Crippen LogP contribution is -1.87. The molecule has 0 aromatic heterocycles. The van der Waals surface area contributed by atoms with Crippen LogP contribution in [0.15, 0.2) is 29.7 Å². The van der Waals surface area contributed by atoms with Gasteiger partial charge in [-0.05, 0) is 23.8 Å². The molecule has 0 amide bonds. The predicted molar refractivity (Wildman–Crippen MR) is 52.2 cm³/mol. The molecule has 0 aliphatic carbocycles. The van der Waals surface area contributed by atoms with Crippen LogP contribution in [0.4, 0.5) is 9.57 Å². The summed E-state index contributed by atoms with van der Waals surface area (Å²) in [5.41, 5.74) is 0.247. The Bertz CT molecular complexity index is 492. The molecule has 0 radical (unpaired) electrons. The van der Waals surface area contributed by atoms with Crippen LogP contribution in [0.5, 0.6) is 0 Å². The van der Waals surface area contributed by atoms with Crippen molar-refractivity contribution in [3.63, 3.8) is 0 Å². The molecule has 1 rings (SSSR count). The van der Waals surface area contributed by atoms with Gasteiger partial charge in [-0.25, -0.2) is 0 Å². The zero-order valence-electron chi connectivity index (χ0n) is 7.33. The van der Waals surface area contributed by atoms with E-state index in [1.807, 2.05) is 0 Å². The minimum atomic E-state index is -4.66. The summed E-state index contributed by atoms with van der Waals surface area (Å²) >= 11 is 0. The van der Waals surface area contributed by atoms with Gasteiger partial charge in [0.25, 0.3) is 5.69 Å². The molecule has 0 aliphatic rings. The largest absolute Gasteiger partial charge is 0.325 e. The first-order valence-corrected chi connectivity index (χ1v) is 5.20. The third kappa shape index (κ3) is 3.86. The normalized spacial score (nSPS) is 11.8. The Labute approximate surface area is 85.2 Å². The predicted octanol–water partition coefficient (Wildman–Crippen LogP) is 1.86. The third-order valence-corrected chi connectivity index (χ3v) is 1.99. The van der Waals surface area contributed by atoms with Gasteiger partial charge >= 0.3 is 10.2 Å². The van der Waals surface area contributed by atoms with E-state index in [0.717, 1.165) is 6.08 Å². The van der Waals surface area contributed by atoms with E-state index < -0.39 is 15.1 Å². The molecule has 0 atom stereocenters. The van der Waals surface area contributed by atoms with Gasteiger partial charge < -0.3 is 0 Å². The average Bonchev–Trinajstić information content (AvgIpc) is 2.14. The fraction of sp³-hybridized carbons (Fsp3) is 0. The second kappa shape index (κ2) is 4.18. The summed E-state index contributed by atoms with van der Waals surface area (Å²) in [6.45, 7) is 0. The average molecular weight is 231 g/mol.